The summed E-state index contributed by atoms with van der Waals surface area (Å²) in [6, 6.07) is 19.4. The number of ketones is 2. The lowest BCUT2D eigenvalue weighted by Crippen LogP contribution is -2.24. The predicted octanol–water partition coefficient (Wildman–Crippen LogP) is 4.79. The van der Waals surface area contributed by atoms with Crippen molar-refractivity contribution in [2.24, 2.45) is 0 Å². The summed E-state index contributed by atoms with van der Waals surface area (Å²) in [7, 11) is 0. The smallest absolute Gasteiger partial charge is 0.338 e. The lowest BCUT2D eigenvalue weighted by Gasteiger charge is -2.12. The van der Waals surface area contributed by atoms with E-state index in [4.69, 9.17) is 9.47 Å². The van der Waals surface area contributed by atoms with E-state index in [9.17, 15) is 28.4 Å². The second-order valence-electron chi connectivity index (χ2n) is 8.35. The van der Waals surface area contributed by atoms with E-state index in [-0.39, 0.29) is 42.1 Å². The van der Waals surface area contributed by atoms with Crippen LogP contribution in [0.4, 0.5) is 10.1 Å². The number of esters is 2. The van der Waals surface area contributed by atoms with Crippen molar-refractivity contribution >= 4 is 35.1 Å². The first-order valence-electron chi connectivity index (χ1n) is 11.9. The van der Waals surface area contributed by atoms with Crippen LogP contribution in [0.15, 0.2) is 78.9 Å². The van der Waals surface area contributed by atoms with Gasteiger partial charge in [-0.15, -0.1) is 0 Å². The van der Waals surface area contributed by atoms with Crippen LogP contribution in [0, 0.1) is 5.82 Å². The van der Waals surface area contributed by atoms with Gasteiger partial charge < -0.3 is 14.8 Å². The second-order valence-corrected chi connectivity index (χ2v) is 8.35. The predicted molar refractivity (Wildman–Crippen MR) is 136 cm³/mol. The molecule has 3 aromatic rings. The first-order chi connectivity index (χ1) is 18.2. The van der Waals surface area contributed by atoms with E-state index in [1.165, 1.54) is 43.3 Å². The minimum Gasteiger partial charge on any atom is -0.457 e. The summed E-state index contributed by atoms with van der Waals surface area (Å²) in [5.41, 5.74) is 1.33. The summed E-state index contributed by atoms with van der Waals surface area (Å²) in [6.07, 6.45) is -0.789. The van der Waals surface area contributed by atoms with Crippen molar-refractivity contribution in [2.75, 3.05) is 11.9 Å². The highest BCUT2D eigenvalue weighted by Crippen LogP contribution is 2.14. The molecule has 8 nitrogen and oxygen atoms in total. The zero-order valence-corrected chi connectivity index (χ0v) is 20.6. The minimum atomic E-state index is -0.961. The Kier molecular flexibility index (Phi) is 9.99. The number of Topliss-reactive ketones (excluding diaryl/α,β-unsaturated/α-hetero) is 2. The van der Waals surface area contributed by atoms with Gasteiger partial charge in [-0.2, -0.15) is 0 Å². The van der Waals surface area contributed by atoms with Crippen LogP contribution in [0.3, 0.4) is 0 Å². The zero-order chi connectivity index (χ0) is 27.5. The molecule has 38 heavy (non-hydrogen) atoms. The molecule has 0 aliphatic heterocycles. The average Bonchev–Trinajstić information content (AvgIpc) is 2.92. The number of hydrogen-bond acceptors (Lipinski definition) is 7. The van der Waals surface area contributed by atoms with E-state index in [1.807, 2.05) is 0 Å². The second kappa shape index (κ2) is 13.6. The number of halogens is 1. The Hall–Kier alpha value is -4.66. The molecule has 1 N–H and O–H groups in total. The summed E-state index contributed by atoms with van der Waals surface area (Å²) in [5, 5.41) is 2.66. The van der Waals surface area contributed by atoms with Gasteiger partial charge in [0.1, 0.15) is 5.82 Å². The van der Waals surface area contributed by atoms with Crippen molar-refractivity contribution < 1.29 is 37.8 Å². The topological polar surface area (TPSA) is 116 Å². The van der Waals surface area contributed by atoms with Gasteiger partial charge in [0.15, 0.2) is 18.5 Å². The lowest BCUT2D eigenvalue weighted by atomic mass is 10.1. The van der Waals surface area contributed by atoms with Crippen molar-refractivity contribution in [3.8, 4) is 0 Å². The van der Waals surface area contributed by atoms with Gasteiger partial charge in [0.25, 0.3) is 0 Å². The van der Waals surface area contributed by atoms with Gasteiger partial charge in [-0.25, -0.2) is 9.18 Å². The van der Waals surface area contributed by atoms with Gasteiger partial charge in [-0.1, -0.05) is 30.3 Å². The third-order valence-electron chi connectivity index (χ3n) is 5.43. The van der Waals surface area contributed by atoms with Crippen LogP contribution in [0.1, 0.15) is 57.3 Å². The Balaban J connectivity index is 1.37. The molecule has 1 atom stereocenters. The molecule has 0 heterocycles. The standard InChI is InChI=1S/C29H26FNO7/c1-19(28(35)21-6-3-2-4-7-21)38-29(36)22-12-16-24(17-13-22)31-26(33)8-5-9-27(34)37-18-25(32)20-10-14-23(30)15-11-20/h2-4,6-7,10-17,19H,5,8-9,18H2,1H3,(H,31,33). The summed E-state index contributed by atoms with van der Waals surface area (Å²) in [5.74, 6) is -2.89. The molecule has 1 unspecified atom stereocenters. The van der Waals surface area contributed by atoms with E-state index in [1.54, 1.807) is 30.3 Å². The normalized spacial score (nSPS) is 11.2. The van der Waals surface area contributed by atoms with Crippen molar-refractivity contribution in [2.45, 2.75) is 32.3 Å². The van der Waals surface area contributed by atoms with Crippen LogP contribution < -0.4 is 5.32 Å². The molecule has 1 amide bonds. The molecule has 0 bridgehead atoms. The average molecular weight is 520 g/mol. The monoisotopic (exact) mass is 519 g/mol. The molecule has 0 saturated heterocycles. The quantitative estimate of drug-likeness (QED) is 0.270. The molecule has 0 spiro atoms. The number of rotatable bonds is 12. The first kappa shape index (κ1) is 27.9. The van der Waals surface area contributed by atoms with Gasteiger partial charge in [0.2, 0.25) is 11.7 Å². The van der Waals surface area contributed by atoms with E-state index in [0.29, 0.717) is 11.3 Å². The van der Waals surface area contributed by atoms with Gasteiger partial charge in [-0.05, 0) is 61.9 Å². The Labute approximate surface area is 218 Å². The van der Waals surface area contributed by atoms with Crippen LogP contribution in [0.5, 0.6) is 0 Å². The molecule has 9 heteroatoms. The van der Waals surface area contributed by atoms with E-state index < -0.39 is 36.2 Å². The Morgan fingerprint density at radius 2 is 1.42 bits per heavy atom. The van der Waals surface area contributed by atoms with Gasteiger partial charge >= 0.3 is 11.9 Å². The highest BCUT2D eigenvalue weighted by molar-refractivity contribution is 6.01. The third-order valence-corrected chi connectivity index (χ3v) is 5.43. The van der Waals surface area contributed by atoms with Crippen LogP contribution >= 0.6 is 0 Å². The maximum Gasteiger partial charge on any atom is 0.338 e. The fourth-order valence-electron chi connectivity index (χ4n) is 3.36. The van der Waals surface area contributed by atoms with Gasteiger partial charge in [0.05, 0.1) is 5.56 Å². The van der Waals surface area contributed by atoms with Crippen LogP contribution in [-0.4, -0.2) is 42.1 Å². The number of ether oxygens (including phenoxy) is 2. The molecular formula is C29H26FNO7. The molecule has 0 aliphatic carbocycles. The Morgan fingerprint density at radius 3 is 2.08 bits per heavy atom. The van der Waals surface area contributed by atoms with E-state index in [0.717, 1.165) is 12.1 Å². The largest absolute Gasteiger partial charge is 0.457 e. The number of carbonyl (C=O) groups is 5. The third kappa shape index (κ3) is 8.48. The number of carbonyl (C=O) groups excluding carboxylic acids is 5. The maximum atomic E-state index is 12.9. The molecule has 0 fully saturated rings. The van der Waals surface area contributed by atoms with Crippen molar-refractivity contribution in [1.82, 2.24) is 0 Å². The molecule has 0 radical (unpaired) electrons. The number of hydrogen-bond donors (Lipinski definition) is 1. The van der Waals surface area contributed by atoms with Gasteiger partial charge in [-0.3, -0.25) is 19.2 Å². The fraction of sp³-hybridized carbons (Fsp3) is 0.207. The molecule has 3 aromatic carbocycles. The maximum absolute atomic E-state index is 12.9. The molecule has 0 aliphatic rings. The fourth-order valence-corrected chi connectivity index (χ4v) is 3.36. The van der Waals surface area contributed by atoms with Crippen LogP contribution in [0.25, 0.3) is 0 Å². The first-order valence-corrected chi connectivity index (χ1v) is 11.9. The van der Waals surface area contributed by atoms with Crippen molar-refractivity contribution in [3.05, 3.63) is 101 Å². The number of amides is 1. The summed E-state index contributed by atoms with van der Waals surface area (Å²) in [6.45, 7) is 1.03. The summed E-state index contributed by atoms with van der Waals surface area (Å²) >= 11 is 0. The van der Waals surface area contributed by atoms with E-state index in [2.05, 4.69) is 5.32 Å². The SMILES string of the molecule is CC(OC(=O)c1ccc(NC(=O)CCCC(=O)OCC(=O)c2ccc(F)cc2)cc1)C(=O)c1ccccc1. The molecule has 196 valence electrons. The van der Waals surface area contributed by atoms with Crippen LogP contribution in [-0.2, 0) is 19.1 Å². The van der Waals surface area contributed by atoms with Crippen LogP contribution in [0.2, 0.25) is 0 Å². The Morgan fingerprint density at radius 1 is 0.789 bits per heavy atom. The minimum absolute atomic E-state index is 0.0317. The number of nitrogens with one attached hydrogen (secondary N) is 1. The zero-order valence-electron chi connectivity index (χ0n) is 20.6. The number of benzene rings is 3. The number of anilines is 1. The van der Waals surface area contributed by atoms with Crippen molar-refractivity contribution in [3.63, 3.8) is 0 Å². The molecule has 3 rings (SSSR count). The highest BCUT2D eigenvalue weighted by atomic mass is 19.1. The highest BCUT2D eigenvalue weighted by Gasteiger charge is 2.20. The van der Waals surface area contributed by atoms with E-state index >= 15 is 0 Å². The summed E-state index contributed by atoms with van der Waals surface area (Å²) in [4.78, 5) is 60.7. The lowest BCUT2D eigenvalue weighted by molar-refractivity contribution is -0.142. The molecule has 0 aromatic heterocycles. The van der Waals surface area contributed by atoms with Gasteiger partial charge in [0, 0.05) is 29.7 Å². The molecular weight excluding hydrogens is 493 g/mol. The van der Waals surface area contributed by atoms with Crippen molar-refractivity contribution in [1.29, 1.82) is 0 Å². The molecule has 0 saturated carbocycles. The Bertz CT molecular complexity index is 1290. The summed E-state index contributed by atoms with van der Waals surface area (Å²) < 4.78 is 23.1.